The Morgan fingerprint density at radius 2 is 1.12 bits per heavy atom. The second-order valence-electron chi connectivity index (χ2n) is 24.8. The van der Waals surface area contributed by atoms with E-state index in [1.165, 1.54) is 81.3 Å². The zero-order valence-corrected chi connectivity index (χ0v) is 50.5. The second kappa shape index (κ2) is 39.4. The molecule has 3 saturated heterocycles. The highest BCUT2D eigenvalue weighted by atomic mass is 16.5. The molecular formula is C61H121N9O3. The van der Waals surface area contributed by atoms with E-state index in [1.807, 2.05) is 38.4 Å². The summed E-state index contributed by atoms with van der Waals surface area (Å²) in [5.41, 5.74) is 3.38. The number of hydrogen-bond acceptors (Lipinski definition) is 12. The predicted octanol–water partition coefficient (Wildman–Crippen LogP) is 10.1. The van der Waals surface area contributed by atoms with Crippen LogP contribution in [0.1, 0.15) is 187 Å². The van der Waals surface area contributed by atoms with Crippen molar-refractivity contribution in [3.05, 3.63) is 54.5 Å². The Balaban J connectivity index is 0.000000429. The van der Waals surface area contributed by atoms with Gasteiger partial charge in [0.05, 0.1) is 24.9 Å². The van der Waals surface area contributed by atoms with Crippen molar-refractivity contribution in [2.24, 2.45) is 29.6 Å². The fraction of sp³-hybridized carbons (Fsp3) is 0.852. The van der Waals surface area contributed by atoms with Crippen LogP contribution in [0.2, 0.25) is 0 Å². The van der Waals surface area contributed by atoms with Crippen molar-refractivity contribution in [3.8, 4) is 0 Å². The van der Waals surface area contributed by atoms with Gasteiger partial charge in [-0.3, -0.25) is 4.98 Å². The quantitative estimate of drug-likeness (QED) is 0.0573. The number of aromatic nitrogens is 1. The summed E-state index contributed by atoms with van der Waals surface area (Å²) < 4.78 is 10.3. The minimum Gasteiger partial charge on any atom is -0.390 e. The lowest BCUT2D eigenvalue weighted by Crippen LogP contribution is -2.48. The largest absolute Gasteiger partial charge is 0.390 e. The lowest BCUT2D eigenvalue weighted by Gasteiger charge is -2.43. The van der Waals surface area contributed by atoms with Crippen LogP contribution in [0.5, 0.6) is 0 Å². The molecular weight excluding hydrogens is 907 g/mol. The molecule has 6 fully saturated rings. The van der Waals surface area contributed by atoms with Gasteiger partial charge in [0.15, 0.2) is 0 Å². The number of hydrogen-bond donors (Lipinski definition) is 9. The van der Waals surface area contributed by atoms with Crippen molar-refractivity contribution < 1.29 is 14.6 Å². The number of allylic oxidation sites excluding steroid dienone is 2. The molecule has 0 amide bonds. The van der Waals surface area contributed by atoms with E-state index in [-0.39, 0.29) is 0 Å². The Hall–Kier alpha value is -1.97. The van der Waals surface area contributed by atoms with Crippen LogP contribution in [0.15, 0.2) is 49.0 Å². The Bertz CT molecular complexity index is 1450. The van der Waals surface area contributed by atoms with Crippen molar-refractivity contribution >= 4 is 0 Å². The monoisotopic (exact) mass is 1030 g/mol. The molecule has 73 heavy (non-hydrogen) atoms. The van der Waals surface area contributed by atoms with Crippen LogP contribution >= 0.6 is 0 Å². The van der Waals surface area contributed by atoms with Gasteiger partial charge >= 0.3 is 0 Å². The average molecular weight is 1030 g/mol. The first-order valence-electron chi connectivity index (χ1n) is 29.4. The first-order valence-corrected chi connectivity index (χ1v) is 29.4. The number of aliphatic hydroxyl groups is 1. The molecule has 7 rings (SSSR count). The van der Waals surface area contributed by atoms with Gasteiger partial charge in [-0.15, -0.1) is 0 Å². The number of rotatable bonds is 20. The molecule has 12 heteroatoms. The Morgan fingerprint density at radius 1 is 0.630 bits per heavy atom. The lowest BCUT2D eigenvalue weighted by molar-refractivity contribution is -0.0426. The van der Waals surface area contributed by atoms with E-state index in [0.717, 1.165) is 88.7 Å². The van der Waals surface area contributed by atoms with Crippen LogP contribution in [-0.2, 0) is 16.0 Å². The Kier molecular flexibility index (Phi) is 37.3. The Morgan fingerprint density at radius 3 is 1.48 bits per heavy atom. The van der Waals surface area contributed by atoms with Gasteiger partial charge in [-0.2, -0.15) is 0 Å². The van der Waals surface area contributed by atoms with E-state index in [0.29, 0.717) is 60.2 Å². The van der Waals surface area contributed by atoms with E-state index in [1.54, 1.807) is 0 Å². The van der Waals surface area contributed by atoms with Gasteiger partial charge in [0.1, 0.15) is 0 Å². The molecule has 1 aromatic heterocycles. The van der Waals surface area contributed by atoms with E-state index >= 15 is 0 Å². The number of nitrogens with one attached hydrogen (secondary N) is 8. The molecule has 9 N–H and O–H groups in total. The molecule has 0 radical (unpaired) electrons. The standard InChI is InChI=1S/C11H23NO.C11H21N.C10H19NO.C9H14N2.C7H16N2.C7H15N.C6H13NO/c1-8(2)12-7-9-5-10(6-9)11(3,4)13;1-8(2)11-5-10(6-11)7-12-9(3)4;1-8(2)11-9(3)10-4-6-12-7-5-10;1-8(2)11-7-9-3-5-10-6-4-9;1-6(2)9-7-3-4-8-5-7;1-6(2)8-7-4-3-5-7;1-5(2)7-6-3-8-4-6/h8-10,12-13H,5-7H2,1-4H3;9-12H,1,5-7H2,2-4H3;8,10-11H,3-7H2,1-2H3;3-6,8,11H,7H2,1-2H3;6-9H,3-5H2,1-2H3;6-8H,3-5H2,1-2H3;5-7H,3-4H2,1-2H3. The number of ether oxygens (including phenoxy) is 2. The second-order valence-corrected chi connectivity index (χ2v) is 24.8. The molecule has 3 aliphatic heterocycles. The lowest BCUT2D eigenvalue weighted by atomic mass is 9.67. The molecule has 1 unspecified atom stereocenters. The molecule has 0 bridgehead atoms. The highest BCUT2D eigenvalue weighted by Crippen LogP contribution is 2.40. The number of nitrogens with zero attached hydrogens (tertiary/aromatic N) is 1. The van der Waals surface area contributed by atoms with Gasteiger partial charge in [0, 0.05) is 105 Å². The van der Waals surface area contributed by atoms with Crippen LogP contribution in [0.4, 0.5) is 0 Å². The fourth-order valence-electron chi connectivity index (χ4n) is 9.06. The van der Waals surface area contributed by atoms with Gasteiger partial charge in [0.2, 0.25) is 0 Å². The summed E-state index contributed by atoms with van der Waals surface area (Å²) in [4.78, 5) is 3.94. The first-order chi connectivity index (χ1) is 34.3. The smallest absolute Gasteiger partial charge is 0.0643 e. The molecule has 4 heterocycles. The minimum atomic E-state index is -0.464. The molecule has 0 spiro atoms. The van der Waals surface area contributed by atoms with Crippen LogP contribution < -0.4 is 42.5 Å². The van der Waals surface area contributed by atoms with Crippen molar-refractivity contribution in [3.63, 3.8) is 0 Å². The van der Waals surface area contributed by atoms with Crippen molar-refractivity contribution in [1.82, 2.24) is 47.5 Å². The number of pyridine rings is 1. The summed E-state index contributed by atoms with van der Waals surface area (Å²) in [5, 5.41) is 37.0. The van der Waals surface area contributed by atoms with Crippen LogP contribution in [0.3, 0.4) is 0 Å². The molecule has 3 saturated carbocycles. The fourth-order valence-corrected chi connectivity index (χ4v) is 9.06. The molecule has 12 nitrogen and oxygen atoms in total. The van der Waals surface area contributed by atoms with E-state index in [9.17, 15) is 5.11 Å². The van der Waals surface area contributed by atoms with Gasteiger partial charge in [0.25, 0.3) is 0 Å². The minimum absolute atomic E-state index is 0.464. The normalized spacial score (nSPS) is 22.8. The van der Waals surface area contributed by atoms with Crippen molar-refractivity contribution in [2.75, 3.05) is 52.6 Å². The maximum atomic E-state index is 9.71. The summed E-state index contributed by atoms with van der Waals surface area (Å²) in [6.07, 6.45) is 16.5. The van der Waals surface area contributed by atoms with Crippen LogP contribution in [0, 0.1) is 29.6 Å². The van der Waals surface area contributed by atoms with Gasteiger partial charge in [-0.05, 0) is 153 Å². The average Bonchev–Trinajstić information content (AvgIpc) is 3.75. The third-order valence-electron chi connectivity index (χ3n) is 14.0. The highest BCUT2D eigenvalue weighted by molar-refractivity contribution is 5.09. The maximum absolute atomic E-state index is 9.71. The van der Waals surface area contributed by atoms with Crippen LogP contribution in [0.25, 0.3) is 0 Å². The molecule has 1 aromatic rings. The zero-order valence-electron chi connectivity index (χ0n) is 50.5. The molecule has 6 aliphatic rings. The third kappa shape index (κ3) is 36.7. The SMILES string of the molecule is C=C(C)C1CC(CNC(C)C)C1.C=C(NC(C)C)C1CCOCC1.CC(C)NC1CCC1.CC(C)NC1CCNC1.CC(C)NC1COC1.CC(C)NCC1CC(C(C)(C)O)C1.CC(C)NCc1ccncc1. The van der Waals surface area contributed by atoms with E-state index in [4.69, 9.17) is 9.47 Å². The molecule has 1 atom stereocenters. The summed E-state index contributed by atoms with van der Waals surface area (Å²) in [6.45, 7) is 53.6. The topological polar surface area (TPSA) is 148 Å². The molecule has 3 aliphatic carbocycles. The summed E-state index contributed by atoms with van der Waals surface area (Å²) in [5.74, 6) is 3.67. The van der Waals surface area contributed by atoms with E-state index in [2.05, 4.69) is 165 Å². The predicted molar refractivity (Wildman–Crippen MR) is 315 cm³/mol. The van der Waals surface area contributed by atoms with Crippen LogP contribution in [-0.4, -0.2) is 129 Å². The van der Waals surface area contributed by atoms with Gasteiger partial charge in [-0.1, -0.05) is 108 Å². The summed E-state index contributed by atoms with van der Waals surface area (Å²) >= 11 is 0. The summed E-state index contributed by atoms with van der Waals surface area (Å²) in [7, 11) is 0. The van der Waals surface area contributed by atoms with Crippen molar-refractivity contribution in [2.45, 2.75) is 254 Å². The van der Waals surface area contributed by atoms with E-state index < -0.39 is 5.60 Å². The third-order valence-corrected chi connectivity index (χ3v) is 14.0. The summed E-state index contributed by atoms with van der Waals surface area (Å²) in [6, 6.07) is 10.4. The zero-order chi connectivity index (χ0) is 54.9. The molecule has 0 aromatic carbocycles. The molecule has 428 valence electrons. The maximum Gasteiger partial charge on any atom is 0.0643 e. The first kappa shape index (κ1) is 69.0. The Labute approximate surface area is 451 Å². The highest BCUT2D eigenvalue weighted by Gasteiger charge is 2.38. The van der Waals surface area contributed by atoms with Gasteiger partial charge < -0.3 is 57.1 Å². The van der Waals surface area contributed by atoms with Crippen molar-refractivity contribution in [1.29, 1.82) is 0 Å². The van der Waals surface area contributed by atoms with Gasteiger partial charge in [-0.25, -0.2) is 0 Å².